The maximum atomic E-state index is 13.1. The molecule has 1 aromatic carbocycles. The van der Waals surface area contributed by atoms with Crippen molar-refractivity contribution in [3.8, 4) is 6.07 Å². The maximum Gasteiger partial charge on any atom is 0.128 e. The van der Waals surface area contributed by atoms with Gasteiger partial charge in [-0.3, -0.25) is 0 Å². The molecule has 0 saturated carbocycles. The molecule has 0 atom stereocenters. The van der Waals surface area contributed by atoms with E-state index in [9.17, 15) is 4.39 Å². The number of hydrogen-bond acceptors (Lipinski definition) is 4. The largest absolute Gasteiger partial charge is 0.380 e. The van der Waals surface area contributed by atoms with Crippen LogP contribution in [0.25, 0.3) is 0 Å². The van der Waals surface area contributed by atoms with Gasteiger partial charge in [-0.1, -0.05) is 6.07 Å². The first-order chi connectivity index (χ1) is 10.7. The number of pyridine rings is 1. The lowest BCUT2D eigenvalue weighted by Gasteiger charge is -2.19. The van der Waals surface area contributed by atoms with Crippen LogP contribution in [-0.4, -0.2) is 18.1 Å². The third kappa shape index (κ3) is 3.73. The van der Waals surface area contributed by atoms with Gasteiger partial charge in [-0.15, -0.1) is 0 Å². The van der Waals surface area contributed by atoms with Crippen LogP contribution in [0.3, 0.4) is 0 Å². The fourth-order valence-corrected chi connectivity index (χ4v) is 2.22. The average molecular weight is 298 g/mol. The second-order valence-electron chi connectivity index (χ2n) is 4.85. The Morgan fingerprint density at radius 1 is 1.23 bits per heavy atom. The Morgan fingerprint density at radius 2 is 2.00 bits per heavy atom. The molecule has 114 valence electrons. The molecular formula is C17H19FN4. The Hall–Kier alpha value is -2.61. The van der Waals surface area contributed by atoms with E-state index in [1.807, 2.05) is 24.4 Å². The second-order valence-corrected chi connectivity index (χ2v) is 4.85. The van der Waals surface area contributed by atoms with E-state index in [-0.39, 0.29) is 0 Å². The number of benzene rings is 1. The SMILES string of the molecule is CCN(CC)c1ccc(CNc2ccc(F)cc2C#N)cn1. The van der Waals surface area contributed by atoms with Crippen molar-refractivity contribution in [1.82, 2.24) is 4.98 Å². The number of anilines is 2. The Balaban J connectivity index is 2.05. The summed E-state index contributed by atoms with van der Waals surface area (Å²) in [5.41, 5.74) is 1.92. The van der Waals surface area contributed by atoms with Crippen LogP contribution in [0.2, 0.25) is 0 Å². The van der Waals surface area contributed by atoms with E-state index in [0.29, 0.717) is 17.8 Å². The average Bonchev–Trinajstić information content (AvgIpc) is 2.56. The first kappa shape index (κ1) is 15.8. The van der Waals surface area contributed by atoms with E-state index < -0.39 is 5.82 Å². The van der Waals surface area contributed by atoms with Gasteiger partial charge in [-0.25, -0.2) is 9.37 Å². The van der Waals surface area contributed by atoms with Crippen LogP contribution in [0.1, 0.15) is 25.0 Å². The predicted octanol–water partition coefficient (Wildman–Crippen LogP) is 3.55. The van der Waals surface area contributed by atoms with Gasteiger partial charge >= 0.3 is 0 Å². The zero-order valence-corrected chi connectivity index (χ0v) is 12.8. The van der Waals surface area contributed by atoms with Crippen LogP contribution in [0.4, 0.5) is 15.9 Å². The van der Waals surface area contributed by atoms with Gasteiger partial charge < -0.3 is 10.2 Å². The van der Waals surface area contributed by atoms with E-state index in [2.05, 4.69) is 29.0 Å². The standard InChI is InChI=1S/C17H19FN4/c1-3-22(4-2)17-8-5-13(12-21-17)11-20-16-7-6-15(18)9-14(16)10-19/h5-9,12,20H,3-4,11H2,1-2H3. The molecule has 4 nitrogen and oxygen atoms in total. The Bertz CT molecular complexity index is 657. The minimum atomic E-state index is -0.410. The number of nitrogens with zero attached hydrogens (tertiary/aromatic N) is 3. The molecule has 0 bridgehead atoms. The topological polar surface area (TPSA) is 52.0 Å². The molecule has 0 unspecified atom stereocenters. The zero-order chi connectivity index (χ0) is 15.9. The molecular weight excluding hydrogens is 279 g/mol. The highest BCUT2D eigenvalue weighted by Crippen LogP contribution is 2.17. The molecule has 22 heavy (non-hydrogen) atoms. The van der Waals surface area contributed by atoms with Crippen LogP contribution in [0, 0.1) is 17.1 Å². The van der Waals surface area contributed by atoms with Crippen LogP contribution in [-0.2, 0) is 6.54 Å². The maximum absolute atomic E-state index is 13.1. The Kier molecular flexibility index (Phi) is 5.31. The summed E-state index contributed by atoms with van der Waals surface area (Å²) < 4.78 is 13.1. The normalized spacial score (nSPS) is 10.1. The van der Waals surface area contributed by atoms with Gasteiger partial charge in [0.15, 0.2) is 0 Å². The first-order valence-electron chi connectivity index (χ1n) is 7.31. The summed E-state index contributed by atoms with van der Waals surface area (Å²) in [7, 11) is 0. The molecule has 1 N–H and O–H groups in total. The van der Waals surface area contributed by atoms with Crippen LogP contribution in [0.5, 0.6) is 0 Å². The van der Waals surface area contributed by atoms with Crippen molar-refractivity contribution in [2.75, 3.05) is 23.3 Å². The highest BCUT2D eigenvalue weighted by atomic mass is 19.1. The number of hydrogen-bond donors (Lipinski definition) is 1. The molecule has 0 fully saturated rings. The quantitative estimate of drug-likeness (QED) is 0.886. The third-order valence-electron chi connectivity index (χ3n) is 3.48. The minimum Gasteiger partial charge on any atom is -0.380 e. The van der Waals surface area contributed by atoms with E-state index in [1.54, 1.807) is 6.07 Å². The second kappa shape index (κ2) is 7.41. The van der Waals surface area contributed by atoms with Gasteiger partial charge in [-0.2, -0.15) is 5.26 Å². The molecule has 0 aliphatic rings. The Labute approximate surface area is 130 Å². The smallest absolute Gasteiger partial charge is 0.128 e. The third-order valence-corrected chi connectivity index (χ3v) is 3.48. The van der Waals surface area contributed by atoms with E-state index in [4.69, 9.17) is 5.26 Å². The van der Waals surface area contributed by atoms with Crippen molar-refractivity contribution in [1.29, 1.82) is 5.26 Å². The van der Waals surface area contributed by atoms with E-state index in [1.165, 1.54) is 12.1 Å². The van der Waals surface area contributed by atoms with Gasteiger partial charge in [0.05, 0.1) is 11.3 Å². The molecule has 2 aromatic rings. The predicted molar refractivity (Wildman–Crippen MR) is 86.2 cm³/mol. The van der Waals surface area contributed by atoms with Gasteiger partial charge in [0.2, 0.25) is 0 Å². The first-order valence-corrected chi connectivity index (χ1v) is 7.31. The van der Waals surface area contributed by atoms with Crippen molar-refractivity contribution in [2.45, 2.75) is 20.4 Å². The van der Waals surface area contributed by atoms with E-state index >= 15 is 0 Å². The van der Waals surface area contributed by atoms with Crippen molar-refractivity contribution in [2.24, 2.45) is 0 Å². The molecule has 0 aliphatic carbocycles. The summed E-state index contributed by atoms with van der Waals surface area (Å²) >= 11 is 0. The lowest BCUT2D eigenvalue weighted by molar-refractivity contribution is 0.627. The number of nitrogens with one attached hydrogen (secondary N) is 1. The van der Waals surface area contributed by atoms with Crippen molar-refractivity contribution in [3.63, 3.8) is 0 Å². The summed E-state index contributed by atoms with van der Waals surface area (Å²) in [6, 6.07) is 10.1. The van der Waals surface area contributed by atoms with Crippen LogP contribution < -0.4 is 10.2 Å². The van der Waals surface area contributed by atoms with E-state index in [0.717, 1.165) is 24.5 Å². The van der Waals surface area contributed by atoms with Crippen molar-refractivity contribution in [3.05, 3.63) is 53.5 Å². The van der Waals surface area contributed by atoms with Crippen LogP contribution >= 0.6 is 0 Å². The summed E-state index contributed by atoms with van der Waals surface area (Å²) in [5.74, 6) is 0.542. The fourth-order valence-electron chi connectivity index (χ4n) is 2.22. The van der Waals surface area contributed by atoms with Gasteiger partial charge in [0, 0.05) is 25.8 Å². The molecule has 2 rings (SSSR count). The number of rotatable bonds is 6. The number of halogens is 1. The molecule has 0 amide bonds. The summed E-state index contributed by atoms with van der Waals surface area (Å²) in [6.07, 6.45) is 1.82. The van der Waals surface area contributed by atoms with Gasteiger partial charge in [-0.05, 0) is 43.7 Å². The monoisotopic (exact) mass is 298 g/mol. The van der Waals surface area contributed by atoms with Gasteiger partial charge in [0.1, 0.15) is 17.7 Å². The zero-order valence-electron chi connectivity index (χ0n) is 12.8. The Morgan fingerprint density at radius 3 is 2.59 bits per heavy atom. The fraction of sp³-hybridized carbons (Fsp3) is 0.294. The van der Waals surface area contributed by atoms with Gasteiger partial charge in [0.25, 0.3) is 0 Å². The molecule has 0 aliphatic heterocycles. The summed E-state index contributed by atoms with van der Waals surface area (Å²) in [5, 5.41) is 12.2. The molecule has 0 saturated heterocycles. The molecule has 0 spiro atoms. The molecule has 5 heteroatoms. The summed E-state index contributed by atoms with van der Waals surface area (Å²) in [6.45, 7) is 6.56. The lowest BCUT2D eigenvalue weighted by atomic mass is 10.2. The number of aromatic nitrogens is 1. The molecule has 0 radical (unpaired) electrons. The molecule has 1 aromatic heterocycles. The lowest BCUT2D eigenvalue weighted by Crippen LogP contribution is -2.22. The highest BCUT2D eigenvalue weighted by molar-refractivity contribution is 5.57. The van der Waals surface area contributed by atoms with Crippen molar-refractivity contribution < 1.29 is 4.39 Å². The van der Waals surface area contributed by atoms with Crippen molar-refractivity contribution >= 4 is 11.5 Å². The summed E-state index contributed by atoms with van der Waals surface area (Å²) in [4.78, 5) is 6.62. The minimum absolute atomic E-state index is 0.299. The molecule has 1 heterocycles. The van der Waals surface area contributed by atoms with Crippen LogP contribution in [0.15, 0.2) is 36.5 Å². The highest BCUT2D eigenvalue weighted by Gasteiger charge is 2.05. The number of nitriles is 1.